The molecule has 0 aromatic heterocycles. The molecule has 0 saturated heterocycles. The van der Waals surface area contributed by atoms with Crippen LogP contribution < -0.4 is 11.1 Å². The van der Waals surface area contributed by atoms with Gasteiger partial charge in [0.1, 0.15) is 0 Å². The number of hydrogen-bond acceptors (Lipinski definition) is 4. The molecule has 2 atom stereocenters. The Morgan fingerprint density at radius 3 is 2.68 bits per heavy atom. The van der Waals surface area contributed by atoms with Crippen molar-refractivity contribution >= 4 is 17.3 Å². The van der Waals surface area contributed by atoms with Gasteiger partial charge in [0.15, 0.2) is 0 Å². The number of hydrogen-bond donors (Lipinski definition) is 4. The van der Waals surface area contributed by atoms with Gasteiger partial charge in [0, 0.05) is 11.4 Å². The Balaban J connectivity index is 2.23. The molecular formula is C14H20N2O3. The lowest BCUT2D eigenvalue weighted by atomic mass is 9.92. The van der Waals surface area contributed by atoms with Gasteiger partial charge in [-0.15, -0.1) is 0 Å². The third-order valence-corrected chi connectivity index (χ3v) is 3.70. The second-order valence-electron chi connectivity index (χ2n) is 5.16. The molecule has 1 aromatic rings. The maximum Gasteiger partial charge on any atom is 0.337 e. The van der Waals surface area contributed by atoms with Gasteiger partial charge < -0.3 is 21.3 Å². The molecule has 1 saturated carbocycles. The predicted molar refractivity (Wildman–Crippen MR) is 74.4 cm³/mol. The molecule has 19 heavy (non-hydrogen) atoms. The normalized spacial score (nSPS) is 23.1. The molecule has 5 N–H and O–H groups in total. The topological polar surface area (TPSA) is 95.6 Å². The zero-order valence-corrected chi connectivity index (χ0v) is 11.0. The highest BCUT2D eigenvalue weighted by molar-refractivity contribution is 5.95. The largest absolute Gasteiger partial charge is 0.478 e. The van der Waals surface area contributed by atoms with Gasteiger partial charge in [0.2, 0.25) is 0 Å². The Kier molecular flexibility index (Phi) is 3.95. The van der Waals surface area contributed by atoms with Crippen LogP contribution in [-0.4, -0.2) is 28.3 Å². The van der Waals surface area contributed by atoms with Gasteiger partial charge in [0.05, 0.1) is 17.7 Å². The molecule has 1 aliphatic carbocycles. The summed E-state index contributed by atoms with van der Waals surface area (Å²) in [6.07, 6.45) is 3.43. The third kappa shape index (κ3) is 2.98. The number of carboxylic acid groups (broad SMARTS) is 1. The smallest absolute Gasteiger partial charge is 0.337 e. The SMILES string of the molecule is Cc1cc(NC2CCCCC2O)cc(C(=O)O)c1N. The molecule has 5 nitrogen and oxygen atoms in total. The first-order valence-corrected chi connectivity index (χ1v) is 6.57. The molecule has 0 spiro atoms. The summed E-state index contributed by atoms with van der Waals surface area (Å²) in [5.74, 6) is -1.03. The minimum atomic E-state index is -1.03. The fourth-order valence-electron chi connectivity index (χ4n) is 2.55. The molecule has 0 amide bonds. The molecule has 1 aliphatic rings. The fraction of sp³-hybridized carbons (Fsp3) is 0.500. The van der Waals surface area contributed by atoms with E-state index in [9.17, 15) is 9.90 Å². The average molecular weight is 264 g/mol. The van der Waals surface area contributed by atoms with E-state index in [2.05, 4.69) is 5.32 Å². The van der Waals surface area contributed by atoms with Gasteiger partial charge >= 0.3 is 5.97 Å². The van der Waals surface area contributed by atoms with Crippen molar-refractivity contribution in [3.63, 3.8) is 0 Å². The molecule has 2 rings (SSSR count). The number of anilines is 2. The van der Waals surface area contributed by atoms with Crippen LogP contribution in [0.2, 0.25) is 0 Å². The maximum absolute atomic E-state index is 11.1. The van der Waals surface area contributed by atoms with E-state index in [0.29, 0.717) is 11.4 Å². The monoisotopic (exact) mass is 264 g/mol. The fourth-order valence-corrected chi connectivity index (χ4v) is 2.55. The van der Waals surface area contributed by atoms with E-state index in [-0.39, 0.29) is 17.7 Å². The Morgan fingerprint density at radius 2 is 2.05 bits per heavy atom. The Bertz CT molecular complexity index is 488. The van der Waals surface area contributed by atoms with Crippen molar-refractivity contribution in [3.8, 4) is 0 Å². The number of aryl methyl sites for hydroxylation is 1. The average Bonchev–Trinajstić information content (AvgIpc) is 2.36. The summed E-state index contributed by atoms with van der Waals surface area (Å²) in [7, 11) is 0. The van der Waals surface area contributed by atoms with Crippen LogP contribution in [0.1, 0.15) is 41.6 Å². The second kappa shape index (κ2) is 5.48. The van der Waals surface area contributed by atoms with Gasteiger partial charge in [-0.3, -0.25) is 0 Å². The summed E-state index contributed by atoms with van der Waals surface area (Å²) in [5.41, 5.74) is 7.59. The first kappa shape index (κ1) is 13.7. The van der Waals surface area contributed by atoms with Crippen LogP contribution in [0.25, 0.3) is 0 Å². The van der Waals surface area contributed by atoms with Crippen molar-refractivity contribution in [2.24, 2.45) is 0 Å². The third-order valence-electron chi connectivity index (χ3n) is 3.70. The van der Waals surface area contributed by atoms with Crippen LogP contribution in [0.5, 0.6) is 0 Å². The number of carbonyl (C=O) groups is 1. The van der Waals surface area contributed by atoms with Crippen LogP contribution in [0.4, 0.5) is 11.4 Å². The molecule has 1 fully saturated rings. The Labute approximate surface area is 112 Å². The number of nitrogens with one attached hydrogen (secondary N) is 1. The molecule has 0 heterocycles. The molecule has 104 valence electrons. The number of aliphatic hydroxyl groups is 1. The van der Waals surface area contributed by atoms with Gasteiger partial charge in [0.25, 0.3) is 0 Å². The van der Waals surface area contributed by atoms with Gasteiger partial charge in [-0.2, -0.15) is 0 Å². The van der Waals surface area contributed by atoms with Crippen LogP contribution in [0.3, 0.4) is 0 Å². The van der Waals surface area contributed by atoms with E-state index < -0.39 is 5.97 Å². The number of aliphatic hydroxyl groups excluding tert-OH is 1. The molecule has 0 aliphatic heterocycles. The molecule has 0 radical (unpaired) electrons. The van der Waals surface area contributed by atoms with Crippen molar-refractivity contribution in [2.75, 3.05) is 11.1 Å². The van der Waals surface area contributed by atoms with Crippen molar-refractivity contribution in [2.45, 2.75) is 44.8 Å². The van der Waals surface area contributed by atoms with E-state index in [0.717, 1.165) is 31.2 Å². The standard InChI is InChI=1S/C14H20N2O3/c1-8-6-9(7-10(13(8)15)14(18)19)16-11-4-2-3-5-12(11)17/h6-7,11-12,16-17H,2-5,15H2,1H3,(H,18,19). The number of aromatic carboxylic acids is 1. The summed E-state index contributed by atoms with van der Waals surface area (Å²) >= 11 is 0. The summed E-state index contributed by atoms with van der Waals surface area (Å²) in [4.78, 5) is 11.1. The number of carboxylic acids is 1. The number of nitrogens with two attached hydrogens (primary N) is 1. The van der Waals surface area contributed by atoms with Gasteiger partial charge in [-0.05, 0) is 37.5 Å². The lowest BCUT2D eigenvalue weighted by molar-refractivity contribution is 0.0698. The quantitative estimate of drug-likeness (QED) is 0.626. The van der Waals surface area contributed by atoms with Crippen molar-refractivity contribution in [3.05, 3.63) is 23.3 Å². The Hall–Kier alpha value is -1.75. The highest BCUT2D eigenvalue weighted by atomic mass is 16.4. The van der Waals surface area contributed by atoms with E-state index in [1.54, 1.807) is 6.92 Å². The molecule has 1 aromatic carbocycles. The zero-order chi connectivity index (χ0) is 14.0. The van der Waals surface area contributed by atoms with Crippen molar-refractivity contribution in [1.82, 2.24) is 0 Å². The number of benzene rings is 1. The van der Waals surface area contributed by atoms with E-state index in [1.807, 2.05) is 6.07 Å². The highest BCUT2D eigenvalue weighted by Crippen LogP contribution is 2.26. The number of rotatable bonds is 3. The molecule has 5 heteroatoms. The maximum atomic E-state index is 11.1. The highest BCUT2D eigenvalue weighted by Gasteiger charge is 2.23. The molecular weight excluding hydrogens is 244 g/mol. The summed E-state index contributed by atoms with van der Waals surface area (Å²) in [6.45, 7) is 1.78. The van der Waals surface area contributed by atoms with Crippen LogP contribution in [-0.2, 0) is 0 Å². The summed E-state index contributed by atoms with van der Waals surface area (Å²) in [6, 6.07) is 3.34. The minimum absolute atomic E-state index is 0.0154. The lowest BCUT2D eigenvalue weighted by Crippen LogP contribution is -2.36. The molecule has 2 unspecified atom stereocenters. The van der Waals surface area contributed by atoms with Gasteiger partial charge in [-0.1, -0.05) is 12.8 Å². The lowest BCUT2D eigenvalue weighted by Gasteiger charge is -2.29. The van der Waals surface area contributed by atoms with Gasteiger partial charge in [-0.25, -0.2) is 4.79 Å². The first-order valence-electron chi connectivity index (χ1n) is 6.57. The molecule has 0 bridgehead atoms. The van der Waals surface area contributed by atoms with E-state index in [1.165, 1.54) is 6.07 Å². The summed E-state index contributed by atoms with van der Waals surface area (Å²) < 4.78 is 0. The predicted octanol–water partition coefficient (Wildman–Crippen LogP) is 1.99. The van der Waals surface area contributed by atoms with Crippen LogP contribution in [0, 0.1) is 6.92 Å². The summed E-state index contributed by atoms with van der Waals surface area (Å²) in [5, 5.41) is 22.3. The second-order valence-corrected chi connectivity index (χ2v) is 5.16. The number of nitrogen functional groups attached to an aromatic ring is 1. The zero-order valence-electron chi connectivity index (χ0n) is 11.0. The van der Waals surface area contributed by atoms with Crippen molar-refractivity contribution < 1.29 is 15.0 Å². The van der Waals surface area contributed by atoms with Crippen LogP contribution >= 0.6 is 0 Å². The first-order chi connectivity index (χ1) is 8.99. The van der Waals surface area contributed by atoms with Crippen LogP contribution in [0.15, 0.2) is 12.1 Å². The minimum Gasteiger partial charge on any atom is -0.478 e. The van der Waals surface area contributed by atoms with E-state index >= 15 is 0 Å². The van der Waals surface area contributed by atoms with Crippen molar-refractivity contribution in [1.29, 1.82) is 0 Å². The Morgan fingerprint density at radius 1 is 1.37 bits per heavy atom. The van der Waals surface area contributed by atoms with E-state index in [4.69, 9.17) is 10.8 Å².